The number of rotatable bonds is 4. The van der Waals surface area contributed by atoms with Gasteiger partial charge in [0, 0.05) is 4.47 Å². The van der Waals surface area contributed by atoms with Gasteiger partial charge in [-0.3, -0.25) is 4.79 Å². The third-order valence-electron chi connectivity index (χ3n) is 2.95. The van der Waals surface area contributed by atoms with Gasteiger partial charge in [0.15, 0.2) is 5.84 Å². The van der Waals surface area contributed by atoms with Crippen LogP contribution in [0.4, 0.5) is 4.39 Å². The molecule has 0 saturated heterocycles. The summed E-state index contributed by atoms with van der Waals surface area (Å²) in [6.07, 6.45) is 0.438. The van der Waals surface area contributed by atoms with E-state index >= 15 is 0 Å². The molecule has 1 rings (SSSR count). The first-order valence-corrected chi connectivity index (χ1v) is 6.39. The number of benzene rings is 1. The molecule has 0 saturated carbocycles. The van der Waals surface area contributed by atoms with Crippen molar-refractivity contribution in [1.29, 1.82) is 0 Å². The van der Waals surface area contributed by atoms with Crippen LogP contribution in [0.15, 0.2) is 27.8 Å². The molecular formula is C12H15BrFN3O2. The first-order chi connectivity index (χ1) is 8.84. The molecule has 0 bridgehead atoms. The van der Waals surface area contributed by atoms with Gasteiger partial charge in [-0.25, -0.2) is 4.39 Å². The van der Waals surface area contributed by atoms with Crippen LogP contribution in [0.1, 0.15) is 30.6 Å². The lowest BCUT2D eigenvalue weighted by atomic mass is 9.97. The SMILES string of the molecule is CCC(C)(NC(=O)c1ccc(F)cc1Br)/C(N)=N/O. The van der Waals surface area contributed by atoms with Crippen LogP contribution in [0.25, 0.3) is 0 Å². The number of hydrogen-bond acceptors (Lipinski definition) is 3. The summed E-state index contributed by atoms with van der Waals surface area (Å²) in [6.45, 7) is 3.43. The van der Waals surface area contributed by atoms with Gasteiger partial charge in [-0.15, -0.1) is 0 Å². The Balaban J connectivity index is 3.02. The van der Waals surface area contributed by atoms with E-state index in [0.717, 1.165) is 0 Å². The van der Waals surface area contributed by atoms with Crippen LogP contribution in [0.3, 0.4) is 0 Å². The van der Waals surface area contributed by atoms with Crippen molar-refractivity contribution in [2.24, 2.45) is 10.9 Å². The van der Waals surface area contributed by atoms with Crippen molar-refractivity contribution in [3.8, 4) is 0 Å². The summed E-state index contributed by atoms with van der Waals surface area (Å²) in [5.74, 6) is -0.984. The highest BCUT2D eigenvalue weighted by molar-refractivity contribution is 9.10. The fourth-order valence-electron chi connectivity index (χ4n) is 1.44. The van der Waals surface area contributed by atoms with E-state index < -0.39 is 17.3 Å². The molecule has 1 atom stereocenters. The van der Waals surface area contributed by atoms with Crippen LogP contribution in [0.5, 0.6) is 0 Å². The minimum atomic E-state index is -0.973. The van der Waals surface area contributed by atoms with Crippen molar-refractivity contribution >= 4 is 27.7 Å². The first kappa shape index (κ1) is 15.4. The van der Waals surface area contributed by atoms with E-state index in [0.29, 0.717) is 10.9 Å². The monoisotopic (exact) mass is 331 g/mol. The second-order valence-electron chi connectivity index (χ2n) is 4.25. The summed E-state index contributed by atoms with van der Waals surface area (Å²) in [5, 5.41) is 14.3. The van der Waals surface area contributed by atoms with Crippen molar-refractivity contribution in [2.75, 3.05) is 0 Å². The van der Waals surface area contributed by atoms with Crippen molar-refractivity contribution in [3.05, 3.63) is 34.1 Å². The molecule has 0 aliphatic carbocycles. The van der Waals surface area contributed by atoms with E-state index in [9.17, 15) is 9.18 Å². The Hall–Kier alpha value is -1.63. The molecule has 4 N–H and O–H groups in total. The molecule has 1 aromatic rings. The Morgan fingerprint density at radius 1 is 1.63 bits per heavy atom. The molecule has 0 fully saturated rings. The van der Waals surface area contributed by atoms with Gasteiger partial charge in [-0.2, -0.15) is 0 Å². The quantitative estimate of drug-likeness (QED) is 0.342. The van der Waals surface area contributed by atoms with E-state index in [2.05, 4.69) is 26.4 Å². The summed E-state index contributed by atoms with van der Waals surface area (Å²) in [5.41, 5.74) is 4.86. The topological polar surface area (TPSA) is 87.7 Å². The van der Waals surface area contributed by atoms with Gasteiger partial charge in [0.2, 0.25) is 0 Å². The first-order valence-electron chi connectivity index (χ1n) is 5.59. The lowest BCUT2D eigenvalue weighted by Gasteiger charge is -2.28. The molecule has 0 aliphatic rings. The Morgan fingerprint density at radius 2 is 2.26 bits per heavy atom. The molecule has 0 radical (unpaired) electrons. The van der Waals surface area contributed by atoms with Gasteiger partial charge in [-0.05, 0) is 47.5 Å². The molecule has 19 heavy (non-hydrogen) atoms. The highest BCUT2D eigenvalue weighted by atomic mass is 79.9. The minimum Gasteiger partial charge on any atom is -0.409 e. The molecule has 7 heteroatoms. The number of amidine groups is 1. The molecule has 0 aromatic heterocycles. The Labute approximate surface area is 118 Å². The van der Waals surface area contributed by atoms with Crippen LogP contribution in [-0.2, 0) is 0 Å². The molecular weight excluding hydrogens is 317 g/mol. The van der Waals surface area contributed by atoms with Crippen LogP contribution in [0.2, 0.25) is 0 Å². The molecule has 1 amide bonds. The number of carbonyl (C=O) groups is 1. The van der Waals surface area contributed by atoms with Crippen molar-refractivity contribution in [2.45, 2.75) is 25.8 Å². The number of nitrogens with two attached hydrogens (primary N) is 1. The van der Waals surface area contributed by atoms with Gasteiger partial charge in [0.25, 0.3) is 5.91 Å². The summed E-state index contributed by atoms with van der Waals surface area (Å²) in [6, 6.07) is 3.74. The maximum Gasteiger partial charge on any atom is 0.253 e. The van der Waals surface area contributed by atoms with Crippen LogP contribution < -0.4 is 11.1 Å². The summed E-state index contributed by atoms with van der Waals surface area (Å²) < 4.78 is 13.3. The third kappa shape index (κ3) is 3.44. The molecule has 0 spiro atoms. The molecule has 104 valence electrons. The number of amides is 1. The lowest BCUT2D eigenvalue weighted by molar-refractivity contribution is 0.0924. The Morgan fingerprint density at radius 3 is 2.74 bits per heavy atom. The van der Waals surface area contributed by atoms with Crippen molar-refractivity contribution < 1.29 is 14.4 Å². The van der Waals surface area contributed by atoms with E-state index in [4.69, 9.17) is 10.9 Å². The Bertz CT molecular complexity index is 522. The van der Waals surface area contributed by atoms with E-state index in [-0.39, 0.29) is 11.4 Å². The number of carbonyl (C=O) groups excluding carboxylic acids is 1. The second kappa shape index (κ2) is 6.01. The zero-order chi connectivity index (χ0) is 14.6. The van der Waals surface area contributed by atoms with Crippen LogP contribution in [-0.4, -0.2) is 22.5 Å². The standard InChI is InChI=1S/C12H15BrFN3O2/c1-3-12(2,11(15)17-19)16-10(18)8-5-4-7(14)6-9(8)13/h4-6,19H,3H2,1-2H3,(H2,15,17)(H,16,18). The highest BCUT2D eigenvalue weighted by Crippen LogP contribution is 2.19. The number of nitrogens with one attached hydrogen (secondary N) is 1. The zero-order valence-electron chi connectivity index (χ0n) is 10.6. The molecule has 1 aromatic carbocycles. The maximum absolute atomic E-state index is 13.0. The molecule has 5 nitrogen and oxygen atoms in total. The second-order valence-corrected chi connectivity index (χ2v) is 5.10. The van der Waals surface area contributed by atoms with Gasteiger partial charge in [0.05, 0.1) is 11.1 Å². The average molecular weight is 332 g/mol. The highest BCUT2D eigenvalue weighted by Gasteiger charge is 2.30. The third-order valence-corrected chi connectivity index (χ3v) is 3.60. The van der Waals surface area contributed by atoms with Gasteiger partial charge in [0.1, 0.15) is 5.82 Å². The number of halogens is 2. The summed E-state index contributed by atoms with van der Waals surface area (Å²) in [7, 11) is 0. The van der Waals surface area contributed by atoms with E-state index in [1.165, 1.54) is 18.2 Å². The normalized spacial score (nSPS) is 14.8. The zero-order valence-corrected chi connectivity index (χ0v) is 12.2. The van der Waals surface area contributed by atoms with E-state index in [1.54, 1.807) is 13.8 Å². The lowest BCUT2D eigenvalue weighted by Crippen LogP contribution is -2.55. The average Bonchev–Trinajstić information content (AvgIpc) is 2.37. The number of hydrogen-bond donors (Lipinski definition) is 3. The summed E-state index contributed by atoms with van der Waals surface area (Å²) >= 11 is 3.12. The van der Waals surface area contributed by atoms with Gasteiger partial charge < -0.3 is 16.3 Å². The van der Waals surface area contributed by atoms with Gasteiger partial charge >= 0.3 is 0 Å². The summed E-state index contributed by atoms with van der Waals surface area (Å²) in [4.78, 5) is 12.1. The predicted octanol–water partition coefficient (Wildman–Crippen LogP) is 2.23. The fraction of sp³-hybridized carbons (Fsp3) is 0.333. The van der Waals surface area contributed by atoms with Crippen molar-refractivity contribution in [1.82, 2.24) is 5.32 Å². The minimum absolute atomic E-state index is 0.0958. The fourth-order valence-corrected chi connectivity index (χ4v) is 1.97. The molecule has 0 heterocycles. The largest absolute Gasteiger partial charge is 0.409 e. The van der Waals surface area contributed by atoms with Gasteiger partial charge in [-0.1, -0.05) is 12.1 Å². The maximum atomic E-state index is 13.0. The molecule has 1 unspecified atom stereocenters. The van der Waals surface area contributed by atoms with Crippen molar-refractivity contribution in [3.63, 3.8) is 0 Å². The van der Waals surface area contributed by atoms with E-state index in [1.807, 2.05) is 0 Å². The van der Waals surface area contributed by atoms with Crippen LogP contribution >= 0.6 is 15.9 Å². The van der Waals surface area contributed by atoms with Crippen LogP contribution in [0, 0.1) is 5.82 Å². The smallest absolute Gasteiger partial charge is 0.253 e. The molecule has 0 aliphatic heterocycles. The number of oxime groups is 1. The Kier molecular flexibility index (Phi) is 4.88. The predicted molar refractivity (Wildman–Crippen MR) is 73.7 cm³/mol. The number of nitrogens with zero attached hydrogens (tertiary/aromatic N) is 1.